The zero-order valence-corrected chi connectivity index (χ0v) is 29.6. The van der Waals surface area contributed by atoms with Gasteiger partial charge < -0.3 is 35.0 Å². The minimum absolute atomic E-state index is 0.0761. The minimum Gasteiger partial charge on any atom is -0.436 e. The van der Waals surface area contributed by atoms with E-state index in [1.54, 1.807) is 21.1 Å². The first-order chi connectivity index (χ1) is 24.0. The molecule has 8 rings (SSSR count). The smallest absolute Gasteiger partial charge is 0.418 e. The van der Waals surface area contributed by atoms with Crippen LogP contribution in [0.4, 0.5) is 34.1 Å². The average molecular weight is 738 g/mol. The normalized spacial score (nSPS) is 25.3. The quantitative estimate of drug-likeness (QED) is 0.400. The van der Waals surface area contributed by atoms with E-state index in [9.17, 15) is 27.6 Å². The van der Waals surface area contributed by atoms with E-state index in [0.29, 0.717) is 70.6 Å². The van der Waals surface area contributed by atoms with E-state index in [2.05, 4.69) is 20.4 Å². The van der Waals surface area contributed by atoms with Crippen molar-refractivity contribution in [3.8, 4) is 0 Å². The highest BCUT2D eigenvalue weighted by atomic mass is 35.5. The maximum Gasteiger partial charge on any atom is 0.418 e. The number of nitrogens with one attached hydrogen (secondary N) is 2. The number of alkyl halides is 3. The second kappa shape index (κ2) is 14.4. The summed E-state index contributed by atoms with van der Waals surface area (Å²) >= 11 is 7.87. The third kappa shape index (κ3) is 7.24. The Bertz CT molecular complexity index is 1590. The fraction of sp³-hybridized carbons (Fsp3) is 0.618. The molecule has 7 heterocycles. The van der Waals surface area contributed by atoms with E-state index in [0.717, 1.165) is 36.3 Å². The Morgan fingerprint density at radius 2 is 1.76 bits per heavy atom. The van der Waals surface area contributed by atoms with E-state index in [4.69, 9.17) is 16.3 Å². The SMILES string of the molecule is CNc1c(Cl)cc(C[C@@H](OC(=O)N2CCC(N3Cc4sccc4NC3=O)CC2)C(=O)N2CCN(C3CN4CCC3CC4)CC2)cc1C(F)(F)F. The molecule has 50 heavy (non-hydrogen) atoms. The Labute approximate surface area is 298 Å². The fourth-order valence-corrected chi connectivity index (χ4v) is 9.48. The molecule has 2 atom stereocenters. The summed E-state index contributed by atoms with van der Waals surface area (Å²) in [7, 11) is 1.36. The molecule has 6 aliphatic rings. The number of hydrogen-bond acceptors (Lipinski definition) is 8. The molecule has 5 fully saturated rings. The molecule has 0 radical (unpaired) electrons. The number of piperidine rings is 4. The summed E-state index contributed by atoms with van der Waals surface area (Å²) < 4.78 is 48.0. The topological polar surface area (TPSA) is 101 Å². The van der Waals surface area contributed by atoms with Gasteiger partial charge in [0.2, 0.25) is 0 Å². The lowest BCUT2D eigenvalue weighted by Crippen LogP contribution is -2.62. The molecule has 4 amide bonds. The van der Waals surface area contributed by atoms with Gasteiger partial charge in [0.1, 0.15) is 0 Å². The lowest BCUT2D eigenvalue weighted by atomic mass is 9.83. The summed E-state index contributed by atoms with van der Waals surface area (Å²) in [5.74, 6) is 0.228. The van der Waals surface area contributed by atoms with Gasteiger partial charge in [-0.1, -0.05) is 11.6 Å². The largest absolute Gasteiger partial charge is 0.436 e. The molecule has 2 N–H and O–H groups in total. The van der Waals surface area contributed by atoms with Gasteiger partial charge in [0.15, 0.2) is 6.10 Å². The molecule has 1 aromatic carbocycles. The first kappa shape index (κ1) is 35.1. The van der Waals surface area contributed by atoms with Gasteiger partial charge in [-0.05, 0) is 73.8 Å². The molecule has 272 valence electrons. The van der Waals surface area contributed by atoms with E-state index in [-0.39, 0.29) is 34.8 Å². The van der Waals surface area contributed by atoms with Crippen molar-refractivity contribution in [2.45, 2.75) is 63.0 Å². The standard InChI is InChI=1S/C34H43ClF3N7O4S/c1-39-30-24(34(36,37)38)16-21(17-25(30)35)18-28(31(46)43-13-11-42(12-14-43)27-19-41-7-2-22(27)3-8-41)49-33(48)44-9-4-23(5-10-44)45-20-29-26(6-15-50-29)40-32(45)47/h6,15-17,22-23,27-28,39H,2-5,7-14,18-20H2,1H3,(H,40,47)/t27?,28-/m1/s1. The Kier molecular flexibility index (Phi) is 10.1. The molecular formula is C34H43ClF3N7O4S. The average Bonchev–Trinajstić information content (AvgIpc) is 3.58. The van der Waals surface area contributed by atoms with Gasteiger partial charge >= 0.3 is 18.3 Å². The highest BCUT2D eigenvalue weighted by Gasteiger charge is 2.41. The second-order valence-corrected chi connectivity index (χ2v) is 15.3. The highest BCUT2D eigenvalue weighted by molar-refractivity contribution is 7.10. The van der Waals surface area contributed by atoms with Crippen molar-refractivity contribution in [2.75, 3.05) is 76.6 Å². The number of benzene rings is 1. The molecule has 0 spiro atoms. The summed E-state index contributed by atoms with van der Waals surface area (Å²) in [4.78, 5) is 51.5. The number of rotatable bonds is 7. The number of hydrogen-bond donors (Lipinski definition) is 2. The van der Waals surface area contributed by atoms with Crippen molar-refractivity contribution in [1.29, 1.82) is 0 Å². The van der Waals surface area contributed by atoms with Gasteiger partial charge in [-0.15, -0.1) is 11.3 Å². The number of piperazine rings is 1. The number of anilines is 2. The third-order valence-corrected chi connectivity index (χ3v) is 12.3. The molecule has 2 bridgehead atoms. The molecule has 1 unspecified atom stereocenters. The number of carbonyl (C=O) groups is 3. The monoisotopic (exact) mass is 737 g/mol. The molecule has 0 aliphatic carbocycles. The zero-order chi connectivity index (χ0) is 35.2. The van der Waals surface area contributed by atoms with Gasteiger partial charge in [-0.2, -0.15) is 13.2 Å². The van der Waals surface area contributed by atoms with Crippen LogP contribution in [0.5, 0.6) is 0 Å². The van der Waals surface area contributed by atoms with Gasteiger partial charge in [0, 0.05) is 76.2 Å². The van der Waals surface area contributed by atoms with Gasteiger partial charge in [-0.3, -0.25) is 9.69 Å². The Balaban J connectivity index is 1.04. The Morgan fingerprint density at radius 3 is 2.40 bits per heavy atom. The number of thiophene rings is 1. The highest BCUT2D eigenvalue weighted by Crippen LogP contribution is 2.40. The summed E-state index contributed by atoms with van der Waals surface area (Å²) in [6, 6.07) is 4.45. The van der Waals surface area contributed by atoms with Crippen molar-refractivity contribution in [3.63, 3.8) is 0 Å². The van der Waals surface area contributed by atoms with Gasteiger partial charge in [-0.25, -0.2) is 9.59 Å². The number of urea groups is 1. The number of nitrogens with zero attached hydrogens (tertiary/aromatic N) is 5. The summed E-state index contributed by atoms with van der Waals surface area (Å²) in [6.07, 6.45) is -3.57. The first-order valence-corrected chi connectivity index (χ1v) is 18.7. The van der Waals surface area contributed by atoms with Crippen molar-refractivity contribution >= 4 is 52.3 Å². The second-order valence-electron chi connectivity index (χ2n) is 13.9. The molecular weight excluding hydrogens is 695 g/mol. The van der Waals surface area contributed by atoms with Gasteiger partial charge in [0.05, 0.1) is 28.5 Å². The van der Waals surface area contributed by atoms with Crippen LogP contribution in [0, 0.1) is 5.92 Å². The lowest BCUT2D eigenvalue weighted by molar-refractivity contribution is -0.143. The number of ether oxygens (including phenoxy) is 1. The van der Waals surface area contributed by atoms with Crippen LogP contribution in [0.2, 0.25) is 5.02 Å². The summed E-state index contributed by atoms with van der Waals surface area (Å²) in [6.45, 7) is 6.71. The third-order valence-electron chi connectivity index (χ3n) is 11.1. The number of amides is 4. The molecule has 6 aliphatic heterocycles. The molecule has 2 aromatic rings. The van der Waals surface area contributed by atoms with Crippen LogP contribution in [0.1, 0.15) is 41.7 Å². The maximum absolute atomic E-state index is 14.1. The molecule has 0 saturated carbocycles. The van der Waals surface area contributed by atoms with Crippen LogP contribution in [0.15, 0.2) is 23.6 Å². The number of fused-ring (bicyclic) bond motifs is 4. The molecule has 16 heteroatoms. The van der Waals surface area contributed by atoms with Gasteiger partial charge in [0.25, 0.3) is 5.91 Å². The Morgan fingerprint density at radius 1 is 1.04 bits per heavy atom. The van der Waals surface area contributed by atoms with Crippen molar-refractivity contribution in [1.82, 2.24) is 24.5 Å². The van der Waals surface area contributed by atoms with E-state index >= 15 is 0 Å². The maximum atomic E-state index is 14.1. The molecule has 11 nitrogen and oxygen atoms in total. The fourth-order valence-electron chi connectivity index (χ4n) is 8.32. The zero-order valence-electron chi connectivity index (χ0n) is 28.0. The molecule has 1 aromatic heterocycles. The minimum atomic E-state index is -4.69. The van der Waals surface area contributed by atoms with E-state index in [1.807, 2.05) is 11.4 Å². The van der Waals surface area contributed by atoms with Crippen LogP contribution < -0.4 is 10.6 Å². The van der Waals surface area contributed by atoms with Crippen molar-refractivity contribution in [3.05, 3.63) is 44.6 Å². The van der Waals surface area contributed by atoms with Crippen molar-refractivity contribution in [2.24, 2.45) is 5.92 Å². The van der Waals surface area contributed by atoms with Crippen LogP contribution in [0.25, 0.3) is 0 Å². The van der Waals surface area contributed by atoms with E-state index in [1.165, 1.54) is 30.9 Å². The van der Waals surface area contributed by atoms with Crippen molar-refractivity contribution < 1.29 is 32.3 Å². The molecule has 5 saturated heterocycles. The predicted molar refractivity (Wildman–Crippen MR) is 185 cm³/mol. The van der Waals surface area contributed by atoms with Crippen LogP contribution in [-0.2, 0) is 28.7 Å². The van der Waals surface area contributed by atoms with Crippen LogP contribution >= 0.6 is 22.9 Å². The lowest BCUT2D eigenvalue weighted by Gasteiger charge is -2.51. The predicted octanol–water partition coefficient (Wildman–Crippen LogP) is 5.26. The number of likely N-dealkylation sites (tertiary alicyclic amines) is 1. The van der Waals surface area contributed by atoms with E-state index < -0.39 is 29.8 Å². The van der Waals surface area contributed by atoms with Crippen LogP contribution in [-0.4, -0.2) is 127 Å². The first-order valence-electron chi connectivity index (χ1n) is 17.4. The summed E-state index contributed by atoms with van der Waals surface area (Å²) in [5.41, 5.74) is -0.240. The number of carbonyl (C=O) groups excluding carboxylic acids is 3. The Hall–Kier alpha value is -3.27. The number of halogens is 4. The van der Waals surface area contributed by atoms with Crippen LogP contribution in [0.3, 0.4) is 0 Å². The summed E-state index contributed by atoms with van der Waals surface area (Å²) in [5, 5.41) is 7.25.